The zero-order chi connectivity index (χ0) is 21.3. The van der Waals surface area contributed by atoms with Crippen molar-refractivity contribution < 1.29 is 23.9 Å². The van der Waals surface area contributed by atoms with Gasteiger partial charge in [0.05, 0.1) is 24.8 Å². The van der Waals surface area contributed by atoms with Gasteiger partial charge in [-0.25, -0.2) is 4.98 Å². The molecule has 0 aromatic carbocycles. The van der Waals surface area contributed by atoms with Gasteiger partial charge in [0.15, 0.2) is 0 Å². The number of carbonyl (C=O) groups excluding carboxylic acids is 3. The largest absolute Gasteiger partial charge is 0.466 e. The highest BCUT2D eigenvalue weighted by Crippen LogP contribution is 2.20. The van der Waals surface area contributed by atoms with Gasteiger partial charge in [0.1, 0.15) is 5.69 Å². The lowest BCUT2D eigenvalue weighted by Gasteiger charge is -2.32. The first-order valence-electron chi connectivity index (χ1n) is 10.7. The molecule has 1 atom stereocenters. The van der Waals surface area contributed by atoms with E-state index in [1.165, 1.54) is 18.6 Å². The van der Waals surface area contributed by atoms with Gasteiger partial charge in [-0.05, 0) is 32.6 Å². The molecule has 0 radical (unpaired) electrons. The van der Waals surface area contributed by atoms with Crippen LogP contribution in [0.2, 0.25) is 0 Å². The van der Waals surface area contributed by atoms with Gasteiger partial charge in [0.2, 0.25) is 5.91 Å². The van der Waals surface area contributed by atoms with Crippen LogP contribution in [0, 0.1) is 5.92 Å². The third-order valence-corrected chi connectivity index (χ3v) is 5.58. The van der Waals surface area contributed by atoms with Gasteiger partial charge in [-0.1, -0.05) is 0 Å². The van der Waals surface area contributed by atoms with Gasteiger partial charge >= 0.3 is 5.97 Å². The van der Waals surface area contributed by atoms with Crippen molar-refractivity contribution in [3.05, 3.63) is 24.3 Å². The van der Waals surface area contributed by atoms with Crippen molar-refractivity contribution in [1.82, 2.24) is 19.8 Å². The molecule has 0 unspecified atom stereocenters. The molecule has 0 saturated carbocycles. The number of hydrogen-bond donors (Lipinski definition) is 0. The Hall–Kier alpha value is -2.55. The van der Waals surface area contributed by atoms with Crippen molar-refractivity contribution in [3.63, 3.8) is 0 Å². The summed E-state index contributed by atoms with van der Waals surface area (Å²) in [4.78, 5) is 49.0. The topological polar surface area (TPSA) is 102 Å². The maximum absolute atomic E-state index is 12.9. The quantitative estimate of drug-likeness (QED) is 0.586. The number of likely N-dealkylation sites (tertiary alicyclic amines) is 1. The maximum Gasteiger partial charge on any atom is 0.309 e. The summed E-state index contributed by atoms with van der Waals surface area (Å²) in [6.07, 6.45) is 7.76. The zero-order valence-electron chi connectivity index (χ0n) is 17.5. The first-order valence-corrected chi connectivity index (χ1v) is 10.7. The van der Waals surface area contributed by atoms with Crippen LogP contribution in [0.5, 0.6) is 0 Å². The van der Waals surface area contributed by atoms with Crippen LogP contribution in [0.25, 0.3) is 0 Å². The van der Waals surface area contributed by atoms with Crippen LogP contribution in [0.3, 0.4) is 0 Å². The lowest BCUT2D eigenvalue weighted by Crippen LogP contribution is -2.43. The van der Waals surface area contributed by atoms with Crippen LogP contribution in [-0.4, -0.2) is 83.0 Å². The highest BCUT2D eigenvalue weighted by atomic mass is 16.5. The first-order chi connectivity index (χ1) is 14.6. The van der Waals surface area contributed by atoms with Gasteiger partial charge in [-0.15, -0.1) is 0 Å². The number of piperidine rings is 1. The molecule has 3 heterocycles. The molecule has 1 aromatic heterocycles. The summed E-state index contributed by atoms with van der Waals surface area (Å²) in [7, 11) is 0. The van der Waals surface area contributed by atoms with E-state index in [1.807, 2.05) is 0 Å². The number of carbonyl (C=O) groups is 3. The molecule has 9 heteroatoms. The number of hydrogen-bond acceptors (Lipinski definition) is 7. The lowest BCUT2D eigenvalue weighted by molar-refractivity contribution is -0.151. The lowest BCUT2D eigenvalue weighted by atomic mass is 9.97. The molecule has 2 fully saturated rings. The SMILES string of the molecule is CCOC(=O)C1CCN(C(=O)CCN(C[C@H]2CCCO2)C(=O)c2cnccn2)CC1. The molecule has 2 saturated heterocycles. The summed E-state index contributed by atoms with van der Waals surface area (Å²) in [6, 6.07) is 0. The van der Waals surface area contributed by atoms with E-state index in [0.29, 0.717) is 52.2 Å². The predicted molar refractivity (Wildman–Crippen MR) is 107 cm³/mol. The molecule has 164 valence electrons. The minimum atomic E-state index is -0.243. The van der Waals surface area contributed by atoms with Crippen LogP contribution < -0.4 is 0 Å². The van der Waals surface area contributed by atoms with Gasteiger partial charge < -0.3 is 19.3 Å². The average Bonchev–Trinajstić information content (AvgIpc) is 3.30. The summed E-state index contributed by atoms with van der Waals surface area (Å²) in [6.45, 7) is 4.67. The van der Waals surface area contributed by atoms with Crippen LogP contribution in [0.15, 0.2) is 18.6 Å². The molecule has 0 aliphatic carbocycles. The van der Waals surface area contributed by atoms with Crippen LogP contribution in [0.1, 0.15) is 49.5 Å². The number of ether oxygens (including phenoxy) is 2. The third-order valence-electron chi connectivity index (χ3n) is 5.58. The Morgan fingerprint density at radius 1 is 1.23 bits per heavy atom. The van der Waals surface area contributed by atoms with E-state index in [2.05, 4.69) is 9.97 Å². The Labute approximate surface area is 176 Å². The molecule has 2 aliphatic heterocycles. The molecule has 9 nitrogen and oxygen atoms in total. The number of aromatic nitrogens is 2. The predicted octanol–water partition coefficient (Wildman–Crippen LogP) is 1.29. The van der Waals surface area contributed by atoms with Gasteiger partial charge in [0.25, 0.3) is 5.91 Å². The molecule has 30 heavy (non-hydrogen) atoms. The first kappa shape index (κ1) is 22.1. The third kappa shape index (κ3) is 5.98. The van der Waals surface area contributed by atoms with Gasteiger partial charge in [0, 0.05) is 51.6 Å². The molecule has 2 aliphatic rings. The van der Waals surface area contributed by atoms with Crippen molar-refractivity contribution >= 4 is 17.8 Å². The number of esters is 1. The van der Waals surface area contributed by atoms with E-state index in [9.17, 15) is 14.4 Å². The van der Waals surface area contributed by atoms with Crippen molar-refractivity contribution in [2.45, 2.75) is 45.1 Å². The summed E-state index contributed by atoms with van der Waals surface area (Å²) in [5.41, 5.74) is 0.262. The van der Waals surface area contributed by atoms with E-state index in [0.717, 1.165) is 12.8 Å². The fourth-order valence-electron chi connectivity index (χ4n) is 3.89. The van der Waals surface area contributed by atoms with Crippen molar-refractivity contribution in [2.75, 3.05) is 39.4 Å². The van der Waals surface area contributed by atoms with E-state index in [4.69, 9.17) is 9.47 Å². The van der Waals surface area contributed by atoms with Gasteiger partial charge in [-0.3, -0.25) is 19.4 Å². The highest BCUT2D eigenvalue weighted by Gasteiger charge is 2.29. The number of amides is 2. The van der Waals surface area contributed by atoms with E-state index in [1.54, 1.807) is 16.7 Å². The van der Waals surface area contributed by atoms with Crippen molar-refractivity contribution in [2.24, 2.45) is 5.92 Å². The molecule has 3 rings (SSSR count). The van der Waals surface area contributed by atoms with Crippen molar-refractivity contribution in [1.29, 1.82) is 0 Å². The van der Waals surface area contributed by atoms with E-state index in [-0.39, 0.29) is 41.9 Å². The van der Waals surface area contributed by atoms with E-state index >= 15 is 0 Å². The Morgan fingerprint density at radius 2 is 2.03 bits per heavy atom. The maximum atomic E-state index is 12.9. The highest BCUT2D eigenvalue weighted by molar-refractivity contribution is 5.92. The molecule has 0 N–H and O–H groups in total. The number of rotatable bonds is 8. The van der Waals surface area contributed by atoms with Crippen molar-refractivity contribution in [3.8, 4) is 0 Å². The Bertz CT molecular complexity index is 715. The molecule has 2 amide bonds. The zero-order valence-corrected chi connectivity index (χ0v) is 17.5. The second kappa shape index (κ2) is 11.0. The monoisotopic (exact) mass is 418 g/mol. The normalized spacial score (nSPS) is 19.5. The molecule has 0 spiro atoms. The number of nitrogens with zero attached hydrogens (tertiary/aromatic N) is 4. The average molecular weight is 418 g/mol. The Kier molecular flexibility index (Phi) is 8.12. The summed E-state index contributed by atoms with van der Waals surface area (Å²) >= 11 is 0. The smallest absolute Gasteiger partial charge is 0.309 e. The summed E-state index contributed by atoms with van der Waals surface area (Å²) in [5, 5.41) is 0. The van der Waals surface area contributed by atoms with Crippen LogP contribution >= 0.6 is 0 Å². The molecular weight excluding hydrogens is 388 g/mol. The summed E-state index contributed by atoms with van der Waals surface area (Å²) in [5.74, 6) is -0.570. The second-order valence-corrected chi connectivity index (χ2v) is 7.63. The van der Waals surface area contributed by atoms with E-state index < -0.39 is 0 Å². The standard InChI is InChI=1S/C21H30N4O5/c1-2-29-21(28)16-5-10-24(11-6-16)19(26)7-12-25(15-17-4-3-13-30-17)20(27)18-14-22-8-9-23-18/h8-9,14,16-17H,2-7,10-13,15H2,1H3/t17-/m1/s1. The van der Waals surface area contributed by atoms with Gasteiger partial charge in [-0.2, -0.15) is 0 Å². The Balaban J connectivity index is 1.53. The minimum absolute atomic E-state index is 0.0124. The summed E-state index contributed by atoms with van der Waals surface area (Å²) < 4.78 is 10.8. The van der Waals surface area contributed by atoms with Crippen LogP contribution in [-0.2, 0) is 19.1 Å². The van der Waals surface area contributed by atoms with Crippen LogP contribution in [0.4, 0.5) is 0 Å². The second-order valence-electron chi connectivity index (χ2n) is 7.63. The molecule has 1 aromatic rings. The minimum Gasteiger partial charge on any atom is -0.466 e. The fraction of sp³-hybridized carbons (Fsp3) is 0.667. The Morgan fingerprint density at radius 3 is 2.67 bits per heavy atom. The molecular formula is C21H30N4O5. The fourth-order valence-corrected chi connectivity index (χ4v) is 3.89. The molecule has 0 bridgehead atoms.